The van der Waals surface area contributed by atoms with Gasteiger partial charge in [-0.15, -0.1) is 0 Å². The van der Waals surface area contributed by atoms with E-state index in [4.69, 9.17) is 0 Å². The van der Waals surface area contributed by atoms with Crippen LogP contribution in [0.2, 0.25) is 0 Å². The lowest BCUT2D eigenvalue weighted by Crippen LogP contribution is -2.56. The molecule has 2 nitrogen and oxygen atoms in total. The predicted molar refractivity (Wildman–Crippen MR) is 78.8 cm³/mol. The molecule has 104 valence electrons. The molecule has 1 N–H and O–H groups in total. The summed E-state index contributed by atoms with van der Waals surface area (Å²) in [5.74, 6) is 1.63. The Morgan fingerprint density at radius 1 is 1.39 bits per heavy atom. The van der Waals surface area contributed by atoms with Crippen LogP contribution >= 0.6 is 0 Å². The maximum atomic E-state index is 3.75. The van der Waals surface area contributed by atoms with E-state index in [-0.39, 0.29) is 0 Å². The SMILES string of the molecule is CC1=CC(C)CC(CNCC2(N(C)C)CCC2)C1. The first-order valence-corrected chi connectivity index (χ1v) is 7.57. The van der Waals surface area contributed by atoms with E-state index >= 15 is 0 Å². The number of allylic oxidation sites excluding steroid dienone is 2. The first-order chi connectivity index (χ1) is 8.52. The van der Waals surface area contributed by atoms with Crippen LogP contribution < -0.4 is 5.32 Å². The Bertz CT molecular complexity index is 302. The molecule has 0 aliphatic heterocycles. The molecule has 2 heteroatoms. The predicted octanol–water partition coefficient (Wildman–Crippen LogP) is 3.05. The van der Waals surface area contributed by atoms with E-state index in [9.17, 15) is 0 Å². The zero-order valence-corrected chi connectivity index (χ0v) is 12.6. The third-order valence-electron chi connectivity index (χ3n) is 5.00. The molecule has 0 spiro atoms. The van der Waals surface area contributed by atoms with E-state index in [1.165, 1.54) is 45.2 Å². The van der Waals surface area contributed by atoms with E-state index in [0.717, 1.165) is 11.8 Å². The van der Waals surface area contributed by atoms with Gasteiger partial charge in [0.05, 0.1) is 0 Å². The topological polar surface area (TPSA) is 15.3 Å². The van der Waals surface area contributed by atoms with Gasteiger partial charge < -0.3 is 10.2 Å². The van der Waals surface area contributed by atoms with E-state index in [0.29, 0.717) is 5.54 Å². The van der Waals surface area contributed by atoms with Gasteiger partial charge >= 0.3 is 0 Å². The van der Waals surface area contributed by atoms with Crippen LogP contribution in [-0.2, 0) is 0 Å². The van der Waals surface area contributed by atoms with Crippen LogP contribution in [0.25, 0.3) is 0 Å². The van der Waals surface area contributed by atoms with Crippen molar-refractivity contribution in [1.29, 1.82) is 0 Å². The van der Waals surface area contributed by atoms with Crippen LogP contribution in [0.4, 0.5) is 0 Å². The lowest BCUT2D eigenvalue weighted by Gasteiger charge is -2.47. The first kappa shape index (κ1) is 14.1. The van der Waals surface area contributed by atoms with Gasteiger partial charge in [-0.05, 0) is 71.5 Å². The standard InChI is InChI=1S/C16H30N2/c1-13-8-14(2)10-15(9-13)11-17-12-16(18(3)4)6-5-7-16/h8,13,15,17H,5-7,9-12H2,1-4H3. The molecule has 2 rings (SSSR count). The van der Waals surface area contributed by atoms with E-state index in [2.05, 4.69) is 44.2 Å². The largest absolute Gasteiger partial charge is 0.315 e. The summed E-state index contributed by atoms with van der Waals surface area (Å²) in [4.78, 5) is 2.43. The minimum Gasteiger partial charge on any atom is -0.315 e. The monoisotopic (exact) mass is 250 g/mol. The second-order valence-corrected chi connectivity index (χ2v) is 6.90. The molecule has 2 aliphatic carbocycles. The van der Waals surface area contributed by atoms with E-state index < -0.39 is 0 Å². The lowest BCUT2D eigenvalue weighted by atomic mass is 9.75. The molecule has 2 aliphatic rings. The first-order valence-electron chi connectivity index (χ1n) is 7.57. The molecule has 18 heavy (non-hydrogen) atoms. The van der Waals surface area contributed by atoms with Crippen molar-refractivity contribution in [3.63, 3.8) is 0 Å². The van der Waals surface area contributed by atoms with Crippen molar-refractivity contribution < 1.29 is 0 Å². The molecule has 0 saturated heterocycles. The minimum absolute atomic E-state index is 0.463. The summed E-state index contributed by atoms with van der Waals surface area (Å²) < 4.78 is 0. The van der Waals surface area contributed by atoms with Gasteiger partial charge in [-0.3, -0.25) is 0 Å². The number of hydrogen-bond acceptors (Lipinski definition) is 2. The fourth-order valence-electron chi connectivity index (χ4n) is 3.72. The number of nitrogens with one attached hydrogen (secondary N) is 1. The average molecular weight is 250 g/mol. The Hall–Kier alpha value is -0.340. The van der Waals surface area contributed by atoms with Gasteiger partial charge in [0.25, 0.3) is 0 Å². The van der Waals surface area contributed by atoms with Crippen molar-refractivity contribution in [2.75, 3.05) is 27.2 Å². The summed E-state index contributed by atoms with van der Waals surface area (Å²) in [5, 5.41) is 3.75. The van der Waals surface area contributed by atoms with E-state index in [1.807, 2.05) is 0 Å². The van der Waals surface area contributed by atoms with Crippen LogP contribution in [0.3, 0.4) is 0 Å². The van der Waals surface area contributed by atoms with Gasteiger partial charge in [0.2, 0.25) is 0 Å². The fraction of sp³-hybridized carbons (Fsp3) is 0.875. The van der Waals surface area contributed by atoms with Crippen molar-refractivity contribution in [3.8, 4) is 0 Å². The second kappa shape index (κ2) is 5.75. The summed E-state index contributed by atoms with van der Waals surface area (Å²) >= 11 is 0. The Morgan fingerprint density at radius 3 is 2.61 bits per heavy atom. The third kappa shape index (κ3) is 3.16. The number of nitrogens with zero attached hydrogens (tertiary/aromatic N) is 1. The van der Waals surface area contributed by atoms with Gasteiger partial charge in [-0.1, -0.05) is 18.6 Å². The molecule has 0 amide bonds. The molecule has 0 bridgehead atoms. The van der Waals surface area contributed by atoms with Gasteiger partial charge in [0.15, 0.2) is 0 Å². The van der Waals surface area contributed by atoms with Gasteiger partial charge in [0, 0.05) is 12.1 Å². The average Bonchev–Trinajstić information content (AvgIpc) is 2.19. The molecular weight excluding hydrogens is 220 g/mol. The summed E-state index contributed by atoms with van der Waals surface area (Å²) in [7, 11) is 4.47. The molecular formula is C16H30N2. The van der Waals surface area contributed by atoms with Gasteiger partial charge in [-0.25, -0.2) is 0 Å². The molecule has 2 atom stereocenters. The zero-order valence-electron chi connectivity index (χ0n) is 12.6. The normalized spacial score (nSPS) is 31.1. The Kier molecular flexibility index (Phi) is 4.50. The summed E-state index contributed by atoms with van der Waals surface area (Å²) in [6, 6.07) is 0. The molecule has 0 radical (unpaired) electrons. The van der Waals surface area contributed by atoms with Gasteiger partial charge in [-0.2, -0.15) is 0 Å². The maximum Gasteiger partial charge on any atom is 0.0327 e. The summed E-state index contributed by atoms with van der Waals surface area (Å²) in [6.45, 7) is 7.01. The van der Waals surface area contributed by atoms with Crippen LogP contribution in [0.1, 0.15) is 46.0 Å². The molecule has 2 unspecified atom stereocenters. The smallest absolute Gasteiger partial charge is 0.0327 e. The Morgan fingerprint density at radius 2 is 2.11 bits per heavy atom. The highest BCUT2D eigenvalue weighted by Crippen LogP contribution is 2.35. The number of hydrogen-bond donors (Lipinski definition) is 1. The van der Waals surface area contributed by atoms with Gasteiger partial charge in [0.1, 0.15) is 0 Å². The third-order valence-corrected chi connectivity index (χ3v) is 5.00. The maximum absolute atomic E-state index is 3.75. The minimum atomic E-state index is 0.463. The Labute approximate surface area is 113 Å². The molecule has 0 aromatic heterocycles. The van der Waals surface area contributed by atoms with Crippen molar-refractivity contribution in [2.45, 2.75) is 51.5 Å². The molecule has 0 aromatic carbocycles. The highest BCUT2D eigenvalue weighted by Gasteiger charge is 2.38. The number of likely N-dealkylation sites (N-methyl/N-ethyl adjacent to an activating group) is 1. The second-order valence-electron chi connectivity index (χ2n) is 6.90. The quantitative estimate of drug-likeness (QED) is 0.755. The zero-order chi connectivity index (χ0) is 13.2. The van der Waals surface area contributed by atoms with Crippen LogP contribution in [0, 0.1) is 11.8 Å². The molecule has 0 aromatic rings. The summed E-state index contributed by atoms with van der Waals surface area (Å²) in [6.07, 6.45) is 9.25. The van der Waals surface area contributed by atoms with Crippen molar-refractivity contribution in [3.05, 3.63) is 11.6 Å². The Balaban J connectivity index is 1.74. The summed E-state index contributed by atoms with van der Waals surface area (Å²) in [5.41, 5.74) is 2.05. The number of rotatable bonds is 5. The lowest BCUT2D eigenvalue weighted by molar-refractivity contribution is 0.0589. The molecule has 1 saturated carbocycles. The van der Waals surface area contributed by atoms with Crippen molar-refractivity contribution in [1.82, 2.24) is 10.2 Å². The van der Waals surface area contributed by atoms with Crippen molar-refractivity contribution in [2.24, 2.45) is 11.8 Å². The van der Waals surface area contributed by atoms with Crippen molar-refractivity contribution >= 4 is 0 Å². The van der Waals surface area contributed by atoms with Crippen LogP contribution in [0.15, 0.2) is 11.6 Å². The highest BCUT2D eigenvalue weighted by molar-refractivity contribution is 5.06. The highest BCUT2D eigenvalue weighted by atomic mass is 15.2. The van der Waals surface area contributed by atoms with Crippen LogP contribution in [-0.4, -0.2) is 37.6 Å². The van der Waals surface area contributed by atoms with E-state index in [1.54, 1.807) is 5.57 Å². The fourth-order valence-corrected chi connectivity index (χ4v) is 3.72. The molecule has 0 heterocycles. The van der Waals surface area contributed by atoms with Crippen LogP contribution in [0.5, 0.6) is 0 Å². The molecule has 1 fully saturated rings.